The van der Waals surface area contributed by atoms with Gasteiger partial charge < -0.3 is 5.32 Å². The monoisotopic (exact) mass is 281 g/mol. The fourth-order valence-corrected chi connectivity index (χ4v) is 3.57. The highest BCUT2D eigenvalue weighted by Gasteiger charge is 2.16. The molecule has 0 aromatic heterocycles. The van der Waals surface area contributed by atoms with Crippen molar-refractivity contribution in [2.75, 3.05) is 12.3 Å². The Kier molecular flexibility index (Phi) is 5.01. The molecule has 0 radical (unpaired) electrons. The summed E-state index contributed by atoms with van der Waals surface area (Å²) < 4.78 is 0. The normalized spacial score (nSPS) is 19.6. The number of thiol groups is 1. The maximum absolute atomic E-state index is 12.1. The van der Waals surface area contributed by atoms with Crippen molar-refractivity contribution in [3.05, 3.63) is 29.3 Å². The Morgan fingerprint density at radius 3 is 3.06 bits per heavy atom. The van der Waals surface area contributed by atoms with E-state index in [0.29, 0.717) is 5.25 Å². The number of hydrogen-bond donors (Lipinski definition) is 2. The molecular weight excluding hydrogens is 262 g/mol. The molecule has 1 N–H and O–H groups in total. The SMILES string of the molecule is Cc1ccc(S)cc1C(=O)NCC1CCCCS1. The third-order valence-corrected chi connectivity index (χ3v) is 4.91. The van der Waals surface area contributed by atoms with Gasteiger partial charge in [-0.1, -0.05) is 12.5 Å². The molecular formula is C14H19NOS2. The summed E-state index contributed by atoms with van der Waals surface area (Å²) in [5.41, 5.74) is 1.74. The number of aryl methyl sites for hydroxylation is 1. The second-order valence-corrected chi connectivity index (χ2v) is 6.62. The first kappa shape index (κ1) is 13.8. The van der Waals surface area contributed by atoms with Crippen LogP contribution >= 0.6 is 24.4 Å². The van der Waals surface area contributed by atoms with Crippen LogP contribution in [0.5, 0.6) is 0 Å². The summed E-state index contributed by atoms with van der Waals surface area (Å²) >= 11 is 6.26. The third-order valence-electron chi connectivity index (χ3n) is 3.23. The van der Waals surface area contributed by atoms with Crippen LogP contribution in [0.4, 0.5) is 0 Å². The number of amides is 1. The van der Waals surface area contributed by atoms with Crippen molar-refractivity contribution < 1.29 is 4.79 Å². The Morgan fingerprint density at radius 2 is 2.33 bits per heavy atom. The second kappa shape index (κ2) is 6.53. The number of nitrogens with one attached hydrogen (secondary N) is 1. The van der Waals surface area contributed by atoms with Crippen molar-refractivity contribution in [1.29, 1.82) is 0 Å². The predicted molar refractivity (Wildman–Crippen MR) is 80.9 cm³/mol. The molecule has 1 fully saturated rings. The summed E-state index contributed by atoms with van der Waals surface area (Å²) in [6, 6.07) is 5.68. The van der Waals surface area contributed by atoms with Crippen LogP contribution in [0.1, 0.15) is 35.2 Å². The number of benzene rings is 1. The van der Waals surface area contributed by atoms with Crippen LogP contribution in [0.25, 0.3) is 0 Å². The molecule has 1 saturated heterocycles. The minimum absolute atomic E-state index is 0.0228. The zero-order valence-electron chi connectivity index (χ0n) is 10.6. The van der Waals surface area contributed by atoms with E-state index in [1.54, 1.807) is 0 Å². The topological polar surface area (TPSA) is 29.1 Å². The van der Waals surface area contributed by atoms with E-state index in [0.717, 1.165) is 22.6 Å². The lowest BCUT2D eigenvalue weighted by atomic mass is 10.1. The van der Waals surface area contributed by atoms with Crippen LogP contribution in [0.2, 0.25) is 0 Å². The van der Waals surface area contributed by atoms with Crippen molar-refractivity contribution in [1.82, 2.24) is 5.32 Å². The smallest absolute Gasteiger partial charge is 0.251 e. The second-order valence-electron chi connectivity index (χ2n) is 4.70. The Morgan fingerprint density at radius 1 is 1.50 bits per heavy atom. The van der Waals surface area contributed by atoms with E-state index in [9.17, 15) is 4.79 Å². The van der Waals surface area contributed by atoms with Crippen LogP contribution in [0, 0.1) is 6.92 Å². The van der Waals surface area contributed by atoms with Gasteiger partial charge in [0.25, 0.3) is 5.91 Å². The molecule has 0 bridgehead atoms. The Bertz CT molecular complexity index is 428. The maximum Gasteiger partial charge on any atom is 0.251 e. The first-order chi connectivity index (χ1) is 8.66. The van der Waals surface area contributed by atoms with Crippen LogP contribution in [0.3, 0.4) is 0 Å². The highest BCUT2D eigenvalue weighted by molar-refractivity contribution is 7.99. The molecule has 1 aliphatic heterocycles. The molecule has 1 aromatic rings. The molecule has 1 heterocycles. The summed E-state index contributed by atoms with van der Waals surface area (Å²) in [4.78, 5) is 12.9. The highest BCUT2D eigenvalue weighted by Crippen LogP contribution is 2.24. The lowest BCUT2D eigenvalue weighted by molar-refractivity contribution is 0.0952. The summed E-state index contributed by atoms with van der Waals surface area (Å²) in [5, 5.41) is 3.63. The molecule has 2 nitrogen and oxygen atoms in total. The number of thioether (sulfide) groups is 1. The van der Waals surface area contributed by atoms with Crippen molar-refractivity contribution in [2.45, 2.75) is 36.3 Å². The lowest BCUT2D eigenvalue weighted by Gasteiger charge is -2.21. The van der Waals surface area contributed by atoms with Gasteiger partial charge in [0.05, 0.1) is 0 Å². The van der Waals surface area contributed by atoms with E-state index in [4.69, 9.17) is 0 Å². The zero-order valence-corrected chi connectivity index (χ0v) is 12.3. The van der Waals surface area contributed by atoms with Crippen molar-refractivity contribution in [3.63, 3.8) is 0 Å². The van der Waals surface area contributed by atoms with Crippen LogP contribution in [-0.4, -0.2) is 23.5 Å². The molecule has 1 aromatic carbocycles. The fraction of sp³-hybridized carbons (Fsp3) is 0.500. The molecule has 1 aliphatic rings. The number of carbonyl (C=O) groups is 1. The van der Waals surface area contributed by atoms with E-state index >= 15 is 0 Å². The van der Waals surface area contributed by atoms with Crippen molar-refractivity contribution >= 4 is 30.3 Å². The standard InChI is InChI=1S/C14H19NOS2/c1-10-5-6-11(17)8-13(10)14(16)15-9-12-4-2-3-7-18-12/h5-6,8,12,17H,2-4,7,9H2,1H3,(H,15,16). The van der Waals surface area contributed by atoms with Gasteiger partial charge >= 0.3 is 0 Å². The van der Waals surface area contributed by atoms with Gasteiger partial charge in [-0.15, -0.1) is 12.6 Å². The number of carbonyl (C=O) groups excluding carboxylic acids is 1. The average molecular weight is 281 g/mol. The van der Waals surface area contributed by atoms with Gasteiger partial charge in [0.15, 0.2) is 0 Å². The van der Waals surface area contributed by atoms with Gasteiger partial charge in [0, 0.05) is 22.3 Å². The van der Waals surface area contributed by atoms with E-state index in [-0.39, 0.29) is 5.91 Å². The van der Waals surface area contributed by atoms with Crippen molar-refractivity contribution in [3.8, 4) is 0 Å². The van der Waals surface area contributed by atoms with E-state index in [1.807, 2.05) is 36.9 Å². The molecule has 1 amide bonds. The molecule has 1 atom stereocenters. The van der Waals surface area contributed by atoms with E-state index in [1.165, 1.54) is 25.0 Å². The summed E-state index contributed by atoms with van der Waals surface area (Å²) in [6.45, 7) is 2.73. The van der Waals surface area contributed by atoms with Gasteiger partial charge in [-0.25, -0.2) is 0 Å². The minimum Gasteiger partial charge on any atom is -0.351 e. The maximum atomic E-state index is 12.1. The van der Waals surface area contributed by atoms with Gasteiger partial charge in [-0.3, -0.25) is 4.79 Å². The molecule has 0 spiro atoms. The first-order valence-corrected chi connectivity index (χ1v) is 7.86. The van der Waals surface area contributed by atoms with E-state index in [2.05, 4.69) is 17.9 Å². The minimum atomic E-state index is 0.0228. The largest absolute Gasteiger partial charge is 0.351 e. The molecule has 4 heteroatoms. The third kappa shape index (κ3) is 3.69. The molecule has 2 rings (SSSR count). The lowest BCUT2D eigenvalue weighted by Crippen LogP contribution is -2.32. The summed E-state index contributed by atoms with van der Waals surface area (Å²) in [6.07, 6.45) is 3.82. The molecule has 98 valence electrons. The quantitative estimate of drug-likeness (QED) is 0.832. The Hall–Kier alpha value is -0.610. The van der Waals surface area contributed by atoms with Crippen LogP contribution in [0.15, 0.2) is 23.1 Å². The molecule has 18 heavy (non-hydrogen) atoms. The van der Waals surface area contributed by atoms with Crippen LogP contribution < -0.4 is 5.32 Å². The average Bonchev–Trinajstić information content (AvgIpc) is 2.40. The summed E-state index contributed by atoms with van der Waals surface area (Å²) in [7, 11) is 0. The first-order valence-electron chi connectivity index (χ1n) is 6.36. The number of hydrogen-bond acceptors (Lipinski definition) is 3. The predicted octanol–water partition coefficient (Wildman–Crippen LogP) is 3.30. The van der Waals surface area contributed by atoms with Gasteiger partial charge in [-0.2, -0.15) is 11.8 Å². The van der Waals surface area contributed by atoms with Gasteiger partial charge in [0.2, 0.25) is 0 Å². The number of rotatable bonds is 3. The van der Waals surface area contributed by atoms with Crippen molar-refractivity contribution in [2.24, 2.45) is 0 Å². The Labute approximate surface area is 118 Å². The highest BCUT2D eigenvalue weighted by atomic mass is 32.2. The van der Waals surface area contributed by atoms with Crippen LogP contribution in [-0.2, 0) is 0 Å². The molecule has 1 unspecified atom stereocenters. The molecule has 0 aliphatic carbocycles. The Balaban J connectivity index is 1.92. The molecule has 0 saturated carbocycles. The fourth-order valence-electron chi connectivity index (χ4n) is 2.12. The van der Waals surface area contributed by atoms with E-state index < -0.39 is 0 Å². The summed E-state index contributed by atoms with van der Waals surface area (Å²) in [5.74, 6) is 1.25. The zero-order chi connectivity index (χ0) is 13.0. The van der Waals surface area contributed by atoms with Gasteiger partial charge in [0.1, 0.15) is 0 Å². The van der Waals surface area contributed by atoms with Gasteiger partial charge in [-0.05, 0) is 43.2 Å².